The lowest BCUT2D eigenvalue weighted by molar-refractivity contribution is 0.0323. The Morgan fingerprint density at radius 2 is 1.97 bits per heavy atom. The number of halogens is 1. The van der Waals surface area contributed by atoms with Crippen LogP contribution in [0.5, 0.6) is 5.75 Å². The molecule has 0 bridgehead atoms. The van der Waals surface area contributed by atoms with E-state index >= 15 is 0 Å². The van der Waals surface area contributed by atoms with Crippen LogP contribution >= 0.6 is 0 Å². The molecule has 1 saturated heterocycles. The van der Waals surface area contributed by atoms with Gasteiger partial charge in [0.2, 0.25) is 0 Å². The topological polar surface area (TPSA) is 63.7 Å². The molecule has 4 rings (SSSR count). The molecule has 6 nitrogen and oxygen atoms in total. The Morgan fingerprint density at radius 3 is 2.77 bits per heavy atom. The number of anilines is 1. The Bertz CT molecular complexity index is 1100. The molecule has 0 unspecified atom stereocenters. The zero-order valence-electron chi connectivity index (χ0n) is 17.8. The maximum Gasteiger partial charge on any atom is 0.257 e. The summed E-state index contributed by atoms with van der Waals surface area (Å²) in [7, 11) is 0. The summed E-state index contributed by atoms with van der Waals surface area (Å²) in [5, 5.41) is 3.53. The van der Waals surface area contributed by atoms with Crippen molar-refractivity contribution in [2.75, 3.05) is 44.8 Å². The number of rotatable bonds is 6. The van der Waals surface area contributed by atoms with Crippen molar-refractivity contribution >= 4 is 22.5 Å². The Hall–Kier alpha value is -3.03. The van der Waals surface area contributed by atoms with Gasteiger partial charge in [0.1, 0.15) is 18.2 Å². The summed E-state index contributed by atoms with van der Waals surface area (Å²) in [6, 6.07) is 11.7. The highest BCUT2D eigenvalue weighted by Crippen LogP contribution is 2.27. The maximum absolute atomic E-state index is 13.6. The SMILES string of the molecule is Cc1ccc(OCCN2CCOCC2)c(NC(=O)c2cc3cc(F)ccc3nc2C)c1. The standard InChI is InChI=1S/C24H26FN3O3/c1-16-3-6-23(31-12-9-28-7-10-30-11-8-28)22(13-16)27-24(29)20-15-18-14-19(25)4-5-21(18)26-17(20)2/h3-6,13-15H,7-12H2,1-2H3,(H,27,29). The lowest BCUT2D eigenvalue weighted by Crippen LogP contribution is -2.38. The van der Waals surface area contributed by atoms with Crippen molar-refractivity contribution in [3.8, 4) is 5.75 Å². The zero-order valence-corrected chi connectivity index (χ0v) is 17.8. The van der Waals surface area contributed by atoms with Crippen LogP contribution in [0.1, 0.15) is 21.6 Å². The predicted molar refractivity (Wildman–Crippen MR) is 118 cm³/mol. The van der Waals surface area contributed by atoms with E-state index in [2.05, 4.69) is 15.2 Å². The lowest BCUT2D eigenvalue weighted by Gasteiger charge is -2.26. The molecule has 0 radical (unpaired) electrons. The van der Waals surface area contributed by atoms with E-state index in [1.807, 2.05) is 25.1 Å². The number of benzene rings is 2. The number of hydrogen-bond donors (Lipinski definition) is 1. The van der Waals surface area contributed by atoms with Crippen LogP contribution in [0.15, 0.2) is 42.5 Å². The van der Waals surface area contributed by atoms with Crippen molar-refractivity contribution in [3.05, 3.63) is 65.1 Å². The molecule has 2 heterocycles. The van der Waals surface area contributed by atoms with E-state index in [-0.39, 0.29) is 11.7 Å². The smallest absolute Gasteiger partial charge is 0.257 e. The van der Waals surface area contributed by atoms with Gasteiger partial charge in [0.15, 0.2) is 0 Å². The molecule has 1 fully saturated rings. The molecule has 1 N–H and O–H groups in total. The van der Waals surface area contributed by atoms with Gasteiger partial charge in [0, 0.05) is 25.0 Å². The second-order valence-electron chi connectivity index (χ2n) is 7.71. The molecular weight excluding hydrogens is 397 g/mol. The molecule has 0 spiro atoms. The number of fused-ring (bicyclic) bond motifs is 1. The number of aromatic nitrogens is 1. The van der Waals surface area contributed by atoms with Crippen LogP contribution in [0, 0.1) is 19.7 Å². The molecule has 0 saturated carbocycles. The van der Waals surface area contributed by atoms with Gasteiger partial charge in [-0.1, -0.05) is 6.07 Å². The lowest BCUT2D eigenvalue weighted by atomic mass is 10.1. The summed E-state index contributed by atoms with van der Waals surface area (Å²) in [6.07, 6.45) is 0. The van der Waals surface area contributed by atoms with Crippen molar-refractivity contribution in [1.82, 2.24) is 9.88 Å². The van der Waals surface area contributed by atoms with Crippen molar-refractivity contribution in [2.24, 2.45) is 0 Å². The first-order valence-corrected chi connectivity index (χ1v) is 10.4. The number of morpholine rings is 1. The van der Waals surface area contributed by atoms with Gasteiger partial charge >= 0.3 is 0 Å². The molecule has 1 aliphatic heterocycles. The molecule has 7 heteroatoms. The first-order valence-electron chi connectivity index (χ1n) is 10.4. The average Bonchev–Trinajstić information content (AvgIpc) is 2.76. The zero-order chi connectivity index (χ0) is 21.8. The molecule has 1 aromatic heterocycles. The van der Waals surface area contributed by atoms with Gasteiger partial charge in [0.25, 0.3) is 5.91 Å². The summed E-state index contributed by atoms with van der Waals surface area (Å²) in [5.74, 6) is -0.0522. The predicted octanol–water partition coefficient (Wildman–Crippen LogP) is 3.95. The number of carbonyl (C=O) groups is 1. The molecule has 2 aromatic carbocycles. The van der Waals surface area contributed by atoms with Gasteiger partial charge in [0.05, 0.1) is 35.7 Å². The highest BCUT2D eigenvalue weighted by molar-refractivity contribution is 6.07. The summed E-state index contributed by atoms with van der Waals surface area (Å²) >= 11 is 0. The Morgan fingerprint density at radius 1 is 1.16 bits per heavy atom. The Kier molecular flexibility index (Phi) is 6.44. The third kappa shape index (κ3) is 5.18. The van der Waals surface area contributed by atoms with E-state index < -0.39 is 0 Å². The number of nitrogens with one attached hydrogen (secondary N) is 1. The molecule has 1 aliphatic rings. The van der Waals surface area contributed by atoms with Crippen LogP contribution in [0.2, 0.25) is 0 Å². The van der Waals surface area contributed by atoms with Gasteiger partial charge in [-0.15, -0.1) is 0 Å². The van der Waals surface area contributed by atoms with Crippen LogP contribution in [0.4, 0.5) is 10.1 Å². The van der Waals surface area contributed by atoms with E-state index in [0.717, 1.165) is 38.4 Å². The largest absolute Gasteiger partial charge is 0.490 e. The summed E-state index contributed by atoms with van der Waals surface area (Å²) in [4.78, 5) is 19.8. The molecule has 31 heavy (non-hydrogen) atoms. The van der Waals surface area contributed by atoms with Crippen molar-refractivity contribution in [2.45, 2.75) is 13.8 Å². The highest BCUT2D eigenvalue weighted by atomic mass is 19.1. The fourth-order valence-electron chi connectivity index (χ4n) is 3.64. The van der Waals surface area contributed by atoms with Crippen LogP contribution in [0.25, 0.3) is 10.9 Å². The van der Waals surface area contributed by atoms with Crippen LogP contribution in [-0.4, -0.2) is 55.2 Å². The van der Waals surface area contributed by atoms with E-state index in [1.54, 1.807) is 19.1 Å². The Balaban J connectivity index is 1.50. The second kappa shape index (κ2) is 9.41. The average molecular weight is 423 g/mol. The highest BCUT2D eigenvalue weighted by Gasteiger charge is 2.16. The monoisotopic (exact) mass is 423 g/mol. The number of aryl methyl sites for hydroxylation is 2. The van der Waals surface area contributed by atoms with Gasteiger partial charge in [-0.2, -0.15) is 0 Å². The number of carbonyl (C=O) groups excluding carboxylic acids is 1. The molecular formula is C24H26FN3O3. The molecule has 0 aliphatic carbocycles. The molecule has 162 valence electrons. The summed E-state index contributed by atoms with van der Waals surface area (Å²) in [5.41, 5.74) is 3.24. The minimum absolute atomic E-state index is 0.306. The summed E-state index contributed by atoms with van der Waals surface area (Å²) < 4.78 is 25.0. The van der Waals surface area contributed by atoms with Gasteiger partial charge in [-0.3, -0.25) is 14.7 Å². The maximum atomic E-state index is 13.6. The van der Waals surface area contributed by atoms with Gasteiger partial charge < -0.3 is 14.8 Å². The summed E-state index contributed by atoms with van der Waals surface area (Å²) in [6.45, 7) is 8.33. The molecule has 3 aromatic rings. The third-order valence-corrected chi connectivity index (χ3v) is 5.36. The number of ether oxygens (including phenoxy) is 2. The fourth-order valence-corrected chi connectivity index (χ4v) is 3.64. The Labute approximate surface area is 181 Å². The normalized spacial score (nSPS) is 14.5. The number of nitrogens with zero attached hydrogens (tertiary/aromatic N) is 2. The van der Waals surface area contributed by atoms with Crippen LogP contribution in [0.3, 0.4) is 0 Å². The van der Waals surface area contributed by atoms with Crippen molar-refractivity contribution < 1.29 is 18.7 Å². The minimum Gasteiger partial charge on any atom is -0.490 e. The first kappa shape index (κ1) is 21.2. The van der Waals surface area contributed by atoms with E-state index in [4.69, 9.17) is 9.47 Å². The van der Waals surface area contributed by atoms with E-state index in [0.29, 0.717) is 40.2 Å². The van der Waals surface area contributed by atoms with Crippen LogP contribution in [-0.2, 0) is 4.74 Å². The quantitative estimate of drug-likeness (QED) is 0.650. The fraction of sp³-hybridized carbons (Fsp3) is 0.333. The minimum atomic E-state index is -0.362. The second-order valence-corrected chi connectivity index (χ2v) is 7.71. The van der Waals surface area contributed by atoms with E-state index in [1.165, 1.54) is 12.1 Å². The van der Waals surface area contributed by atoms with Gasteiger partial charge in [-0.05, 0) is 55.8 Å². The van der Waals surface area contributed by atoms with Crippen molar-refractivity contribution in [3.63, 3.8) is 0 Å². The number of amides is 1. The van der Waals surface area contributed by atoms with Gasteiger partial charge in [-0.25, -0.2) is 4.39 Å². The molecule has 0 atom stereocenters. The molecule has 1 amide bonds. The number of pyridine rings is 1. The first-order chi connectivity index (χ1) is 15.0. The van der Waals surface area contributed by atoms with E-state index in [9.17, 15) is 9.18 Å². The van der Waals surface area contributed by atoms with Crippen LogP contribution < -0.4 is 10.1 Å². The third-order valence-electron chi connectivity index (χ3n) is 5.36. The van der Waals surface area contributed by atoms with Crippen molar-refractivity contribution in [1.29, 1.82) is 0 Å². The number of hydrogen-bond acceptors (Lipinski definition) is 5.